The van der Waals surface area contributed by atoms with Gasteiger partial charge in [0.15, 0.2) is 0 Å². The third-order valence-corrected chi connectivity index (χ3v) is 3.46. The van der Waals surface area contributed by atoms with Crippen molar-refractivity contribution < 1.29 is 4.74 Å². The zero-order chi connectivity index (χ0) is 11.6. The number of nitrogens with zero attached hydrogens (tertiary/aromatic N) is 2. The van der Waals surface area contributed by atoms with Crippen LogP contribution in [0.2, 0.25) is 0 Å². The van der Waals surface area contributed by atoms with E-state index in [9.17, 15) is 0 Å². The second-order valence-corrected chi connectivity index (χ2v) is 4.76. The Bertz CT molecular complexity index is 581. The Morgan fingerprint density at radius 1 is 0.824 bits per heavy atom. The molecule has 2 aliphatic rings. The van der Waals surface area contributed by atoms with Gasteiger partial charge in [-0.1, -0.05) is 12.1 Å². The summed E-state index contributed by atoms with van der Waals surface area (Å²) in [5.74, 6) is 0. The molecule has 0 bridgehead atoms. The number of hydrogen-bond acceptors (Lipinski definition) is 3. The van der Waals surface area contributed by atoms with Crippen molar-refractivity contribution in [3.05, 3.63) is 46.8 Å². The predicted molar refractivity (Wildman–Crippen MR) is 63.5 cm³/mol. The molecule has 0 aromatic carbocycles. The van der Waals surface area contributed by atoms with E-state index < -0.39 is 0 Å². The van der Waals surface area contributed by atoms with E-state index in [2.05, 4.69) is 22.1 Å². The van der Waals surface area contributed by atoms with Crippen LogP contribution in [0, 0.1) is 13.8 Å². The van der Waals surface area contributed by atoms with Crippen molar-refractivity contribution in [3.8, 4) is 11.4 Å². The molecule has 0 N–H and O–H groups in total. The van der Waals surface area contributed by atoms with Crippen LogP contribution in [0.5, 0.6) is 0 Å². The molecule has 4 rings (SSSR count). The number of aryl methyl sites for hydroxylation is 2. The number of epoxide rings is 1. The standard InChI is InChI=1S/C14H12N2O/c1-7-3-5-9-11(15-7)12-10(14-13(9)17-14)6-4-8(2)16-12/h3-6,13-14H,1-2H3/t13-,14+. The Hall–Kier alpha value is -1.74. The van der Waals surface area contributed by atoms with Gasteiger partial charge in [0.2, 0.25) is 0 Å². The SMILES string of the molecule is Cc1ccc2c(n1)-c1nc(C)ccc1[C@@H]1O[C@H]21. The quantitative estimate of drug-likeness (QED) is 0.646. The topological polar surface area (TPSA) is 38.3 Å². The van der Waals surface area contributed by atoms with Crippen LogP contribution in [0.25, 0.3) is 11.4 Å². The van der Waals surface area contributed by atoms with Crippen LogP contribution < -0.4 is 0 Å². The van der Waals surface area contributed by atoms with Crippen molar-refractivity contribution in [1.82, 2.24) is 9.97 Å². The summed E-state index contributed by atoms with van der Waals surface area (Å²) in [4.78, 5) is 9.26. The van der Waals surface area contributed by atoms with E-state index in [0.29, 0.717) is 0 Å². The van der Waals surface area contributed by atoms with E-state index in [4.69, 9.17) is 4.74 Å². The van der Waals surface area contributed by atoms with Gasteiger partial charge in [0.1, 0.15) is 12.2 Å². The molecule has 1 fully saturated rings. The first kappa shape index (κ1) is 9.31. The largest absolute Gasteiger partial charge is 0.359 e. The van der Waals surface area contributed by atoms with Crippen LogP contribution in [0.4, 0.5) is 0 Å². The van der Waals surface area contributed by atoms with Crippen LogP contribution in [-0.2, 0) is 4.74 Å². The molecule has 84 valence electrons. The number of aromatic nitrogens is 2. The molecule has 0 spiro atoms. The average molecular weight is 224 g/mol. The smallest absolute Gasteiger partial charge is 0.116 e. The maximum atomic E-state index is 5.73. The van der Waals surface area contributed by atoms with Gasteiger partial charge in [0.05, 0.1) is 11.4 Å². The lowest BCUT2D eigenvalue weighted by Gasteiger charge is -2.15. The zero-order valence-electron chi connectivity index (χ0n) is 9.77. The molecule has 0 saturated carbocycles. The van der Waals surface area contributed by atoms with E-state index in [-0.39, 0.29) is 12.2 Å². The summed E-state index contributed by atoms with van der Waals surface area (Å²) < 4.78 is 5.73. The minimum Gasteiger partial charge on any atom is -0.359 e. The van der Waals surface area contributed by atoms with Gasteiger partial charge < -0.3 is 4.74 Å². The van der Waals surface area contributed by atoms with Crippen molar-refractivity contribution in [2.45, 2.75) is 26.1 Å². The molecule has 2 aromatic rings. The number of fused-ring (bicyclic) bond motifs is 6. The first-order chi connectivity index (χ1) is 8.24. The molecule has 1 aliphatic carbocycles. The van der Waals surface area contributed by atoms with Crippen LogP contribution in [0.1, 0.15) is 34.7 Å². The van der Waals surface area contributed by atoms with E-state index in [1.54, 1.807) is 0 Å². The molecule has 1 saturated heterocycles. The third kappa shape index (κ3) is 1.20. The maximum Gasteiger partial charge on any atom is 0.116 e. The first-order valence-electron chi connectivity index (χ1n) is 5.85. The minimum absolute atomic E-state index is 0.204. The van der Waals surface area contributed by atoms with E-state index in [0.717, 1.165) is 22.8 Å². The molecule has 0 unspecified atom stereocenters. The van der Waals surface area contributed by atoms with E-state index in [1.807, 2.05) is 26.0 Å². The molecule has 3 nitrogen and oxygen atoms in total. The molecule has 2 aromatic heterocycles. The fraction of sp³-hybridized carbons (Fsp3) is 0.286. The molecule has 3 heteroatoms. The molecule has 0 amide bonds. The molecule has 3 heterocycles. The predicted octanol–water partition coefficient (Wildman–Crippen LogP) is 2.89. The lowest BCUT2D eigenvalue weighted by atomic mass is 9.92. The van der Waals surface area contributed by atoms with Gasteiger partial charge in [-0.25, -0.2) is 0 Å². The van der Waals surface area contributed by atoms with Crippen LogP contribution in [0.3, 0.4) is 0 Å². The van der Waals surface area contributed by atoms with Gasteiger partial charge in [0.25, 0.3) is 0 Å². The first-order valence-corrected chi connectivity index (χ1v) is 5.85. The van der Waals surface area contributed by atoms with E-state index in [1.165, 1.54) is 11.1 Å². The average Bonchev–Trinajstić information content (AvgIpc) is 3.09. The maximum absolute atomic E-state index is 5.73. The van der Waals surface area contributed by atoms with Gasteiger partial charge >= 0.3 is 0 Å². The summed E-state index contributed by atoms with van der Waals surface area (Å²) in [6.45, 7) is 4.02. The number of pyridine rings is 2. The highest BCUT2D eigenvalue weighted by Gasteiger charge is 2.48. The van der Waals surface area contributed by atoms with Gasteiger partial charge in [0, 0.05) is 22.5 Å². The fourth-order valence-corrected chi connectivity index (χ4v) is 2.56. The summed E-state index contributed by atoms with van der Waals surface area (Å²) in [7, 11) is 0. The normalized spacial score (nSPS) is 23.6. The van der Waals surface area contributed by atoms with Crippen molar-refractivity contribution in [2.75, 3.05) is 0 Å². The van der Waals surface area contributed by atoms with Crippen LogP contribution in [0.15, 0.2) is 24.3 Å². The Morgan fingerprint density at radius 3 is 1.76 bits per heavy atom. The lowest BCUT2D eigenvalue weighted by molar-refractivity contribution is 0.380. The van der Waals surface area contributed by atoms with Gasteiger partial charge in [-0.3, -0.25) is 9.97 Å². The number of ether oxygens (including phenoxy) is 1. The molecular weight excluding hydrogens is 212 g/mol. The Kier molecular flexibility index (Phi) is 1.60. The Morgan fingerprint density at radius 2 is 1.29 bits per heavy atom. The monoisotopic (exact) mass is 224 g/mol. The highest BCUT2D eigenvalue weighted by Crippen LogP contribution is 2.58. The second-order valence-electron chi connectivity index (χ2n) is 4.76. The van der Waals surface area contributed by atoms with Gasteiger partial charge in [-0.15, -0.1) is 0 Å². The highest BCUT2D eigenvalue weighted by molar-refractivity contribution is 5.69. The van der Waals surface area contributed by atoms with Crippen molar-refractivity contribution in [1.29, 1.82) is 0 Å². The minimum atomic E-state index is 0.204. The molecular formula is C14H12N2O. The van der Waals surface area contributed by atoms with Gasteiger partial charge in [-0.2, -0.15) is 0 Å². The Labute approximate surface area is 99.5 Å². The fourth-order valence-electron chi connectivity index (χ4n) is 2.56. The summed E-state index contributed by atoms with van der Waals surface area (Å²) in [5, 5.41) is 0. The summed E-state index contributed by atoms with van der Waals surface area (Å²) in [6.07, 6.45) is 0.408. The van der Waals surface area contributed by atoms with Crippen molar-refractivity contribution >= 4 is 0 Å². The summed E-state index contributed by atoms with van der Waals surface area (Å²) in [6, 6.07) is 8.32. The molecule has 1 aliphatic heterocycles. The highest BCUT2D eigenvalue weighted by atomic mass is 16.6. The number of hydrogen-bond donors (Lipinski definition) is 0. The zero-order valence-corrected chi connectivity index (χ0v) is 9.77. The van der Waals surface area contributed by atoms with Crippen molar-refractivity contribution in [2.24, 2.45) is 0 Å². The van der Waals surface area contributed by atoms with Crippen molar-refractivity contribution in [3.63, 3.8) is 0 Å². The van der Waals surface area contributed by atoms with E-state index >= 15 is 0 Å². The van der Waals surface area contributed by atoms with Crippen LogP contribution in [-0.4, -0.2) is 9.97 Å². The van der Waals surface area contributed by atoms with Crippen LogP contribution >= 0.6 is 0 Å². The second kappa shape index (κ2) is 2.93. The Balaban J connectivity index is 2.06. The summed E-state index contributed by atoms with van der Waals surface area (Å²) in [5.41, 5.74) is 6.43. The summed E-state index contributed by atoms with van der Waals surface area (Å²) >= 11 is 0. The molecule has 0 radical (unpaired) electrons. The van der Waals surface area contributed by atoms with Gasteiger partial charge in [-0.05, 0) is 26.0 Å². The number of rotatable bonds is 0. The molecule has 2 atom stereocenters. The lowest BCUT2D eigenvalue weighted by Crippen LogP contribution is -2.05. The molecule has 17 heavy (non-hydrogen) atoms. The third-order valence-electron chi connectivity index (χ3n) is 3.46.